The number of carbonyl (C=O) groups is 1. The predicted octanol–water partition coefficient (Wildman–Crippen LogP) is 1.51. The summed E-state index contributed by atoms with van der Waals surface area (Å²) < 4.78 is 42.7. The van der Waals surface area contributed by atoms with Gasteiger partial charge in [0.05, 0.1) is 0 Å². The number of amides is 1. The lowest BCUT2D eigenvalue weighted by Crippen LogP contribution is -2.42. The number of hydrogen-bond acceptors (Lipinski definition) is 4. The molecule has 1 amide bonds. The van der Waals surface area contributed by atoms with Crippen LogP contribution in [0, 0.1) is 0 Å². The Kier molecular flexibility index (Phi) is 4.56. The molecule has 3 heterocycles. The van der Waals surface area contributed by atoms with Gasteiger partial charge in [-0.05, 0) is 19.3 Å². The summed E-state index contributed by atoms with van der Waals surface area (Å²) >= 11 is 0. The van der Waals surface area contributed by atoms with Gasteiger partial charge in [0.2, 0.25) is 5.91 Å². The Morgan fingerprint density at radius 2 is 2.09 bits per heavy atom. The topological polar surface area (TPSA) is 60.2 Å². The number of likely N-dealkylation sites (tertiary alicyclic amines) is 1. The third kappa shape index (κ3) is 3.82. The molecule has 2 aliphatic heterocycles. The van der Waals surface area contributed by atoms with Crippen molar-refractivity contribution in [3.05, 3.63) is 11.6 Å². The molecule has 0 radical (unpaired) electrons. The zero-order valence-electron chi connectivity index (χ0n) is 12.7. The van der Waals surface area contributed by atoms with E-state index in [1.807, 2.05) is 0 Å². The number of halogens is 3. The molecule has 0 aromatic carbocycles. The predicted molar refractivity (Wildman–Crippen MR) is 73.8 cm³/mol. The number of ether oxygens (including phenoxy) is 1. The molecule has 1 fully saturated rings. The first-order chi connectivity index (χ1) is 10.9. The van der Waals surface area contributed by atoms with Crippen molar-refractivity contribution in [2.75, 3.05) is 26.3 Å². The van der Waals surface area contributed by atoms with E-state index in [0.29, 0.717) is 13.1 Å². The molecule has 0 bridgehead atoms. The second-order valence-corrected chi connectivity index (χ2v) is 6.02. The van der Waals surface area contributed by atoms with E-state index in [1.54, 1.807) is 4.90 Å². The van der Waals surface area contributed by atoms with E-state index in [9.17, 15) is 18.0 Å². The van der Waals surface area contributed by atoms with E-state index < -0.39 is 25.3 Å². The lowest BCUT2D eigenvalue weighted by molar-refractivity contribution is -0.178. The van der Waals surface area contributed by atoms with Crippen molar-refractivity contribution in [2.24, 2.45) is 0 Å². The molecule has 1 aromatic rings. The van der Waals surface area contributed by atoms with Crippen LogP contribution in [0.3, 0.4) is 0 Å². The van der Waals surface area contributed by atoms with Gasteiger partial charge in [-0.25, -0.2) is 0 Å². The van der Waals surface area contributed by atoms with Crippen LogP contribution in [-0.2, 0) is 22.5 Å². The zero-order valence-corrected chi connectivity index (χ0v) is 12.7. The Balaban J connectivity index is 1.56. The van der Waals surface area contributed by atoms with E-state index >= 15 is 0 Å². The van der Waals surface area contributed by atoms with Gasteiger partial charge in [-0.3, -0.25) is 4.79 Å². The minimum Gasteiger partial charge on any atom is -0.362 e. The van der Waals surface area contributed by atoms with Crippen LogP contribution in [0.4, 0.5) is 13.2 Å². The molecule has 0 spiro atoms. The molecule has 1 saturated heterocycles. The highest BCUT2D eigenvalue weighted by Crippen LogP contribution is 2.28. The fraction of sp³-hybridized carbons (Fsp3) is 0.786. The third-order valence-electron chi connectivity index (χ3n) is 4.27. The molecular weight excluding hydrogens is 313 g/mol. The van der Waals surface area contributed by atoms with Crippen molar-refractivity contribution in [1.82, 2.24) is 19.7 Å². The van der Waals surface area contributed by atoms with Crippen molar-refractivity contribution in [3.63, 3.8) is 0 Å². The highest BCUT2D eigenvalue weighted by atomic mass is 19.4. The Morgan fingerprint density at radius 3 is 2.87 bits per heavy atom. The van der Waals surface area contributed by atoms with Crippen molar-refractivity contribution in [3.8, 4) is 0 Å². The number of fused-ring (bicyclic) bond motifs is 1. The molecule has 1 atom stereocenters. The molecule has 3 rings (SSSR count). The van der Waals surface area contributed by atoms with Crippen molar-refractivity contribution in [2.45, 2.75) is 44.3 Å². The van der Waals surface area contributed by atoms with Crippen LogP contribution >= 0.6 is 0 Å². The van der Waals surface area contributed by atoms with Crippen LogP contribution in [0.1, 0.15) is 36.8 Å². The number of piperidine rings is 1. The summed E-state index contributed by atoms with van der Waals surface area (Å²) in [5.74, 6) is 1.57. The highest BCUT2D eigenvalue weighted by Gasteiger charge is 2.31. The molecule has 6 nitrogen and oxygen atoms in total. The minimum absolute atomic E-state index is 0.0923. The second-order valence-electron chi connectivity index (χ2n) is 6.02. The van der Waals surface area contributed by atoms with Gasteiger partial charge >= 0.3 is 6.18 Å². The second kappa shape index (κ2) is 6.46. The first-order valence-corrected chi connectivity index (χ1v) is 7.78. The number of nitrogens with zero attached hydrogens (tertiary/aromatic N) is 4. The lowest BCUT2D eigenvalue weighted by atomic mass is 9.97. The van der Waals surface area contributed by atoms with Crippen LogP contribution in [0.5, 0.6) is 0 Å². The van der Waals surface area contributed by atoms with Gasteiger partial charge in [-0.15, -0.1) is 10.2 Å². The van der Waals surface area contributed by atoms with E-state index in [0.717, 1.165) is 43.9 Å². The standard InChI is InChI=1S/C14H19F3N4O2/c15-14(16,17)9-23-8-12(22)20-5-1-3-10(7-20)13-19-18-11-4-2-6-21(11)13/h10H,1-9H2. The van der Waals surface area contributed by atoms with Gasteiger partial charge in [0.1, 0.15) is 24.9 Å². The molecule has 23 heavy (non-hydrogen) atoms. The zero-order chi connectivity index (χ0) is 16.4. The Morgan fingerprint density at radius 1 is 1.26 bits per heavy atom. The first kappa shape index (κ1) is 16.2. The molecule has 128 valence electrons. The molecule has 9 heteroatoms. The maximum absolute atomic E-state index is 12.1. The lowest BCUT2D eigenvalue weighted by Gasteiger charge is -2.32. The van der Waals surface area contributed by atoms with Gasteiger partial charge in [0, 0.05) is 32.0 Å². The van der Waals surface area contributed by atoms with E-state index in [2.05, 4.69) is 19.5 Å². The average molecular weight is 332 g/mol. The highest BCUT2D eigenvalue weighted by molar-refractivity contribution is 5.77. The Hall–Kier alpha value is -1.64. The minimum atomic E-state index is -4.41. The maximum atomic E-state index is 12.1. The summed E-state index contributed by atoms with van der Waals surface area (Å²) in [6.45, 7) is -0.0211. The Labute approximate surface area is 131 Å². The van der Waals surface area contributed by atoms with Crippen molar-refractivity contribution < 1.29 is 22.7 Å². The summed E-state index contributed by atoms with van der Waals surface area (Å²) in [6, 6.07) is 0. The fourth-order valence-corrected chi connectivity index (χ4v) is 3.23. The van der Waals surface area contributed by atoms with Crippen LogP contribution in [0.25, 0.3) is 0 Å². The van der Waals surface area contributed by atoms with E-state index in [1.165, 1.54) is 0 Å². The number of aromatic nitrogens is 3. The van der Waals surface area contributed by atoms with E-state index in [4.69, 9.17) is 0 Å². The van der Waals surface area contributed by atoms with Gasteiger partial charge in [0.15, 0.2) is 0 Å². The average Bonchev–Trinajstić information content (AvgIpc) is 3.08. The van der Waals surface area contributed by atoms with Crippen molar-refractivity contribution in [1.29, 1.82) is 0 Å². The SMILES string of the molecule is O=C(COCC(F)(F)F)N1CCCC(c2nnc3n2CCC3)C1. The largest absolute Gasteiger partial charge is 0.411 e. The fourth-order valence-electron chi connectivity index (χ4n) is 3.23. The van der Waals surface area contributed by atoms with Gasteiger partial charge in [-0.2, -0.15) is 13.2 Å². The van der Waals surface area contributed by atoms with Crippen LogP contribution in [0.15, 0.2) is 0 Å². The summed E-state index contributed by atoms with van der Waals surface area (Å²) in [5.41, 5.74) is 0. The van der Waals surface area contributed by atoms with E-state index in [-0.39, 0.29) is 5.92 Å². The third-order valence-corrected chi connectivity index (χ3v) is 4.27. The monoisotopic (exact) mass is 332 g/mol. The number of alkyl halides is 3. The Bertz CT molecular complexity index is 573. The summed E-state index contributed by atoms with van der Waals surface area (Å²) in [6.07, 6.45) is -0.720. The molecular formula is C14H19F3N4O2. The molecule has 1 aromatic heterocycles. The van der Waals surface area contributed by atoms with Crippen LogP contribution in [0.2, 0.25) is 0 Å². The smallest absolute Gasteiger partial charge is 0.362 e. The van der Waals surface area contributed by atoms with Gasteiger partial charge < -0.3 is 14.2 Å². The van der Waals surface area contributed by atoms with Crippen molar-refractivity contribution >= 4 is 5.91 Å². The normalized spacial score (nSPS) is 21.5. The molecule has 0 aliphatic carbocycles. The molecule has 1 unspecified atom stereocenters. The molecule has 0 saturated carbocycles. The summed E-state index contributed by atoms with van der Waals surface area (Å²) in [4.78, 5) is 13.6. The quantitative estimate of drug-likeness (QED) is 0.839. The summed E-state index contributed by atoms with van der Waals surface area (Å²) in [7, 11) is 0. The van der Waals surface area contributed by atoms with Gasteiger partial charge in [-0.1, -0.05) is 0 Å². The van der Waals surface area contributed by atoms with Gasteiger partial charge in [0.25, 0.3) is 0 Å². The number of hydrogen-bond donors (Lipinski definition) is 0. The molecule has 2 aliphatic rings. The van der Waals surface area contributed by atoms with Crippen LogP contribution < -0.4 is 0 Å². The maximum Gasteiger partial charge on any atom is 0.411 e. The first-order valence-electron chi connectivity index (χ1n) is 7.78. The molecule has 0 N–H and O–H groups in total. The summed E-state index contributed by atoms with van der Waals surface area (Å²) in [5, 5.41) is 8.42. The van der Waals surface area contributed by atoms with Crippen LogP contribution in [-0.4, -0.2) is 58.1 Å². The number of aryl methyl sites for hydroxylation is 1. The number of carbonyl (C=O) groups excluding carboxylic acids is 1. The number of rotatable bonds is 4.